The van der Waals surface area contributed by atoms with Crippen molar-refractivity contribution in [2.45, 2.75) is 45.6 Å². The zero-order valence-electron chi connectivity index (χ0n) is 13.4. The predicted octanol–water partition coefficient (Wildman–Crippen LogP) is 1.52. The van der Waals surface area contributed by atoms with Gasteiger partial charge >= 0.3 is 5.97 Å². The molecular weight excluding hydrogens is 256 g/mol. The van der Waals surface area contributed by atoms with Gasteiger partial charge in [0.15, 0.2) is 0 Å². The molecule has 1 amide bonds. The molecule has 1 fully saturated rings. The number of likely N-dealkylation sites (tertiary alicyclic amines) is 1. The fourth-order valence-corrected chi connectivity index (χ4v) is 2.46. The topological polar surface area (TPSA) is 49.9 Å². The summed E-state index contributed by atoms with van der Waals surface area (Å²) in [6, 6.07) is 0. The number of rotatable bonds is 5. The van der Waals surface area contributed by atoms with Gasteiger partial charge in [-0.15, -0.1) is 0 Å². The molecule has 5 nitrogen and oxygen atoms in total. The van der Waals surface area contributed by atoms with Crippen molar-refractivity contribution >= 4 is 11.9 Å². The molecule has 1 heterocycles. The van der Waals surface area contributed by atoms with E-state index in [1.807, 2.05) is 27.8 Å². The van der Waals surface area contributed by atoms with Gasteiger partial charge in [0, 0.05) is 26.6 Å². The van der Waals surface area contributed by atoms with Gasteiger partial charge in [0.1, 0.15) is 5.60 Å². The molecule has 0 aromatic carbocycles. The van der Waals surface area contributed by atoms with Crippen LogP contribution in [0.4, 0.5) is 0 Å². The lowest BCUT2D eigenvalue weighted by Crippen LogP contribution is -2.33. The van der Waals surface area contributed by atoms with Crippen molar-refractivity contribution in [1.82, 2.24) is 9.80 Å². The first-order chi connectivity index (χ1) is 9.17. The van der Waals surface area contributed by atoms with Crippen LogP contribution in [0.25, 0.3) is 0 Å². The second kappa shape index (κ2) is 7.07. The lowest BCUT2D eigenvalue weighted by Gasteiger charge is -2.22. The van der Waals surface area contributed by atoms with Crippen molar-refractivity contribution in [3.63, 3.8) is 0 Å². The Morgan fingerprint density at radius 1 is 1.30 bits per heavy atom. The quantitative estimate of drug-likeness (QED) is 0.718. The summed E-state index contributed by atoms with van der Waals surface area (Å²) < 4.78 is 5.20. The minimum absolute atomic E-state index is 0.0189. The van der Waals surface area contributed by atoms with Crippen LogP contribution < -0.4 is 0 Å². The molecular formula is C15H28N2O3. The summed E-state index contributed by atoms with van der Waals surface area (Å²) in [5, 5.41) is 0. The maximum atomic E-state index is 12.0. The number of nitrogens with zero attached hydrogens (tertiary/aromatic N) is 2. The molecule has 0 bridgehead atoms. The Labute approximate surface area is 122 Å². The molecule has 0 spiro atoms. The molecule has 116 valence electrons. The molecule has 20 heavy (non-hydrogen) atoms. The standard InChI is InChI=1S/C15H28N2O3/c1-15(2,3)20-14(19)7-6-13(18)17(5)11-12-8-9-16(4)10-12/h12H,6-11H2,1-5H3. The van der Waals surface area contributed by atoms with E-state index in [1.54, 1.807) is 4.90 Å². The average Bonchev–Trinajstić information content (AvgIpc) is 2.69. The summed E-state index contributed by atoms with van der Waals surface area (Å²) in [7, 11) is 3.92. The highest BCUT2D eigenvalue weighted by Gasteiger charge is 2.23. The molecule has 0 N–H and O–H groups in total. The van der Waals surface area contributed by atoms with Crippen molar-refractivity contribution in [3.05, 3.63) is 0 Å². The summed E-state index contributed by atoms with van der Waals surface area (Å²) >= 11 is 0. The average molecular weight is 284 g/mol. The Morgan fingerprint density at radius 3 is 2.45 bits per heavy atom. The van der Waals surface area contributed by atoms with Gasteiger partial charge in [-0.25, -0.2) is 0 Å². The number of carbonyl (C=O) groups is 2. The molecule has 1 saturated heterocycles. The third-order valence-electron chi connectivity index (χ3n) is 3.41. The molecule has 1 atom stereocenters. The Morgan fingerprint density at radius 2 is 1.95 bits per heavy atom. The van der Waals surface area contributed by atoms with Crippen LogP contribution in [0.5, 0.6) is 0 Å². The van der Waals surface area contributed by atoms with E-state index < -0.39 is 5.60 Å². The summed E-state index contributed by atoms with van der Waals surface area (Å²) in [5.41, 5.74) is -0.486. The molecule has 1 unspecified atom stereocenters. The van der Waals surface area contributed by atoms with Crippen molar-refractivity contribution in [2.75, 3.05) is 33.7 Å². The van der Waals surface area contributed by atoms with Gasteiger partial charge in [-0.3, -0.25) is 9.59 Å². The summed E-state index contributed by atoms with van der Waals surface area (Å²) in [5.74, 6) is 0.265. The zero-order chi connectivity index (χ0) is 15.3. The molecule has 0 saturated carbocycles. The first kappa shape index (κ1) is 17.0. The molecule has 1 rings (SSSR count). The highest BCUT2D eigenvalue weighted by molar-refractivity contribution is 5.81. The second-order valence-corrected chi connectivity index (χ2v) is 6.78. The smallest absolute Gasteiger partial charge is 0.306 e. The minimum atomic E-state index is -0.486. The number of carbonyl (C=O) groups excluding carboxylic acids is 2. The van der Waals surface area contributed by atoms with E-state index in [-0.39, 0.29) is 24.7 Å². The van der Waals surface area contributed by atoms with Gasteiger partial charge in [0.05, 0.1) is 6.42 Å². The van der Waals surface area contributed by atoms with E-state index in [2.05, 4.69) is 11.9 Å². The summed E-state index contributed by atoms with van der Waals surface area (Å²) in [6.45, 7) is 8.41. The summed E-state index contributed by atoms with van der Waals surface area (Å²) in [6.07, 6.45) is 1.53. The van der Waals surface area contributed by atoms with Gasteiger partial charge in [-0.05, 0) is 46.7 Å². The number of esters is 1. The van der Waals surface area contributed by atoms with E-state index >= 15 is 0 Å². The maximum absolute atomic E-state index is 12.0. The predicted molar refractivity (Wildman–Crippen MR) is 78.3 cm³/mol. The van der Waals surface area contributed by atoms with Crippen LogP contribution in [0.1, 0.15) is 40.0 Å². The van der Waals surface area contributed by atoms with Gasteiger partial charge in [-0.1, -0.05) is 0 Å². The Hall–Kier alpha value is -1.10. The molecule has 0 aromatic rings. The lowest BCUT2D eigenvalue weighted by molar-refractivity contribution is -0.156. The van der Waals surface area contributed by atoms with Crippen LogP contribution in [-0.2, 0) is 14.3 Å². The largest absolute Gasteiger partial charge is 0.460 e. The summed E-state index contributed by atoms with van der Waals surface area (Å²) in [4.78, 5) is 27.6. The first-order valence-electron chi connectivity index (χ1n) is 7.32. The van der Waals surface area contributed by atoms with Crippen molar-refractivity contribution in [1.29, 1.82) is 0 Å². The van der Waals surface area contributed by atoms with Gasteiger partial charge in [-0.2, -0.15) is 0 Å². The lowest BCUT2D eigenvalue weighted by atomic mass is 10.1. The van der Waals surface area contributed by atoms with Crippen molar-refractivity contribution < 1.29 is 14.3 Å². The molecule has 0 radical (unpaired) electrons. The molecule has 1 aliphatic heterocycles. The molecule has 5 heteroatoms. The zero-order valence-corrected chi connectivity index (χ0v) is 13.4. The van der Waals surface area contributed by atoms with E-state index in [0.717, 1.165) is 26.1 Å². The monoisotopic (exact) mass is 284 g/mol. The van der Waals surface area contributed by atoms with Crippen LogP contribution in [0, 0.1) is 5.92 Å². The highest BCUT2D eigenvalue weighted by atomic mass is 16.6. The Kier molecular flexibility index (Phi) is 5.99. The Balaban J connectivity index is 2.26. The van der Waals surface area contributed by atoms with E-state index in [9.17, 15) is 9.59 Å². The van der Waals surface area contributed by atoms with E-state index in [4.69, 9.17) is 4.74 Å². The molecule has 0 aliphatic carbocycles. The number of hydrogen-bond donors (Lipinski definition) is 0. The van der Waals surface area contributed by atoms with Crippen LogP contribution >= 0.6 is 0 Å². The number of ether oxygens (including phenoxy) is 1. The molecule has 0 aromatic heterocycles. The van der Waals surface area contributed by atoms with E-state index in [1.165, 1.54) is 0 Å². The first-order valence-corrected chi connectivity index (χ1v) is 7.32. The minimum Gasteiger partial charge on any atom is -0.460 e. The van der Waals surface area contributed by atoms with Crippen LogP contribution in [-0.4, -0.2) is 61.0 Å². The third-order valence-corrected chi connectivity index (χ3v) is 3.41. The van der Waals surface area contributed by atoms with Crippen molar-refractivity contribution in [3.8, 4) is 0 Å². The highest BCUT2D eigenvalue weighted by Crippen LogP contribution is 2.16. The normalized spacial score (nSPS) is 19.9. The fourth-order valence-electron chi connectivity index (χ4n) is 2.46. The fraction of sp³-hybridized carbons (Fsp3) is 0.867. The van der Waals surface area contributed by atoms with Gasteiger partial charge < -0.3 is 14.5 Å². The van der Waals surface area contributed by atoms with E-state index in [0.29, 0.717) is 5.92 Å². The Bertz CT molecular complexity index is 350. The maximum Gasteiger partial charge on any atom is 0.306 e. The SMILES string of the molecule is CN1CCC(CN(C)C(=O)CCC(=O)OC(C)(C)C)C1. The second-order valence-electron chi connectivity index (χ2n) is 6.78. The third kappa shape index (κ3) is 6.37. The van der Waals surface area contributed by atoms with Crippen molar-refractivity contribution in [2.24, 2.45) is 5.92 Å². The van der Waals surface area contributed by atoms with Crippen LogP contribution in [0.15, 0.2) is 0 Å². The van der Waals surface area contributed by atoms with Gasteiger partial charge in [0.2, 0.25) is 5.91 Å². The van der Waals surface area contributed by atoms with Crippen LogP contribution in [0.3, 0.4) is 0 Å². The van der Waals surface area contributed by atoms with Gasteiger partial charge in [0.25, 0.3) is 0 Å². The number of hydrogen-bond acceptors (Lipinski definition) is 4. The molecule has 1 aliphatic rings. The van der Waals surface area contributed by atoms with Crippen LogP contribution in [0.2, 0.25) is 0 Å². The number of amides is 1.